The number of H-pyrrole nitrogens is 1. The number of nitrogens with one attached hydrogen (secondary N) is 2. The maximum atomic E-state index is 4.51. The minimum atomic E-state index is 0.139. The number of benzene rings is 2. The molecule has 0 aliphatic heterocycles. The van der Waals surface area contributed by atoms with Crippen molar-refractivity contribution in [1.29, 1.82) is 0 Å². The van der Waals surface area contributed by atoms with Gasteiger partial charge in [0.1, 0.15) is 17.8 Å². The Hall–Kier alpha value is -3.73. The second kappa shape index (κ2) is 6.78. The van der Waals surface area contributed by atoms with Gasteiger partial charge in [0, 0.05) is 34.8 Å². The molecule has 0 amide bonds. The zero-order chi connectivity index (χ0) is 18.9. The predicted octanol–water partition coefficient (Wildman–Crippen LogP) is 5.35. The summed E-state index contributed by atoms with van der Waals surface area (Å²) in [5, 5.41) is 5.64. The fourth-order valence-electron chi connectivity index (χ4n) is 3.56. The van der Waals surface area contributed by atoms with Crippen molar-refractivity contribution < 1.29 is 0 Å². The van der Waals surface area contributed by atoms with E-state index in [2.05, 4.69) is 74.6 Å². The Morgan fingerprint density at radius 1 is 0.893 bits per heavy atom. The van der Waals surface area contributed by atoms with E-state index in [0.29, 0.717) is 0 Å². The first-order chi connectivity index (χ1) is 13.8. The van der Waals surface area contributed by atoms with E-state index in [1.807, 2.05) is 24.4 Å². The summed E-state index contributed by atoms with van der Waals surface area (Å²) in [6.07, 6.45) is 5.41. The van der Waals surface area contributed by atoms with Crippen LogP contribution in [-0.4, -0.2) is 19.9 Å². The lowest BCUT2D eigenvalue weighted by Crippen LogP contribution is -2.08. The standard InChI is InChI=1S/C23H19N5/c1-15(16-6-3-2-4-7-16)28-23-19-12-17(9-10-21(19)26-14-27-23)20-13-25-22-18(20)8-5-11-24-22/h2-15H,1H3,(H,24,25)(H,26,27,28). The van der Waals surface area contributed by atoms with E-state index >= 15 is 0 Å². The summed E-state index contributed by atoms with van der Waals surface area (Å²) in [4.78, 5) is 16.6. The van der Waals surface area contributed by atoms with Crippen molar-refractivity contribution in [2.45, 2.75) is 13.0 Å². The van der Waals surface area contributed by atoms with E-state index in [9.17, 15) is 0 Å². The Balaban J connectivity index is 1.58. The van der Waals surface area contributed by atoms with Crippen LogP contribution in [0.15, 0.2) is 79.4 Å². The van der Waals surface area contributed by atoms with E-state index in [4.69, 9.17) is 0 Å². The number of nitrogens with zero attached hydrogens (tertiary/aromatic N) is 3. The Bertz CT molecular complexity index is 1260. The topological polar surface area (TPSA) is 66.5 Å². The van der Waals surface area contributed by atoms with Crippen LogP contribution in [0.25, 0.3) is 33.1 Å². The number of rotatable bonds is 4. The highest BCUT2D eigenvalue weighted by Gasteiger charge is 2.12. The van der Waals surface area contributed by atoms with E-state index < -0.39 is 0 Å². The zero-order valence-corrected chi connectivity index (χ0v) is 15.4. The van der Waals surface area contributed by atoms with Crippen molar-refractivity contribution >= 4 is 27.8 Å². The van der Waals surface area contributed by atoms with Gasteiger partial charge >= 0.3 is 0 Å². The van der Waals surface area contributed by atoms with Crippen LogP contribution in [0.5, 0.6) is 0 Å². The Labute approximate surface area is 162 Å². The van der Waals surface area contributed by atoms with E-state index in [0.717, 1.165) is 38.9 Å². The summed E-state index contributed by atoms with van der Waals surface area (Å²) in [5.41, 5.74) is 5.25. The van der Waals surface area contributed by atoms with Crippen LogP contribution >= 0.6 is 0 Å². The minimum absolute atomic E-state index is 0.139. The smallest absolute Gasteiger partial charge is 0.137 e. The van der Waals surface area contributed by atoms with Crippen molar-refractivity contribution in [3.05, 3.63) is 84.9 Å². The molecule has 3 aromatic heterocycles. The Kier molecular flexibility index (Phi) is 3.98. The lowest BCUT2D eigenvalue weighted by atomic mass is 10.0. The molecule has 136 valence electrons. The van der Waals surface area contributed by atoms with Gasteiger partial charge in [0.15, 0.2) is 0 Å². The molecule has 0 spiro atoms. The lowest BCUT2D eigenvalue weighted by molar-refractivity contribution is 0.876. The molecule has 5 aromatic rings. The van der Waals surface area contributed by atoms with Gasteiger partial charge in [-0.25, -0.2) is 15.0 Å². The average molecular weight is 365 g/mol. The maximum absolute atomic E-state index is 4.51. The highest BCUT2D eigenvalue weighted by Crippen LogP contribution is 2.32. The molecule has 0 aliphatic carbocycles. The maximum Gasteiger partial charge on any atom is 0.137 e. The lowest BCUT2D eigenvalue weighted by Gasteiger charge is -2.16. The molecule has 0 aliphatic rings. The normalized spacial score (nSPS) is 12.3. The molecule has 0 saturated heterocycles. The molecular formula is C23H19N5. The van der Waals surface area contributed by atoms with Crippen molar-refractivity contribution in [2.24, 2.45) is 0 Å². The first-order valence-electron chi connectivity index (χ1n) is 9.28. The number of anilines is 1. The summed E-state index contributed by atoms with van der Waals surface area (Å²) in [5.74, 6) is 0.834. The SMILES string of the molecule is CC(Nc1ncnc2ccc(-c3c[nH]c4ncccc34)cc12)c1ccccc1. The number of pyridine rings is 1. The highest BCUT2D eigenvalue weighted by molar-refractivity contribution is 5.98. The third-order valence-corrected chi connectivity index (χ3v) is 5.05. The van der Waals surface area contributed by atoms with Crippen LogP contribution in [0.2, 0.25) is 0 Å². The predicted molar refractivity (Wildman–Crippen MR) is 113 cm³/mol. The summed E-state index contributed by atoms with van der Waals surface area (Å²) in [7, 11) is 0. The second-order valence-corrected chi connectivity index (χ2v) is 6.83. The molecule has 0 saturated carbocycles. The van der Waals surface area contributed by atoms with Gasteiger partial charge < -0.3 is 10.3 Å². The van der Waals surface area contributed by atoms with Crippen LogP contribution in [0.1, 0.15) is 18.5 Å². The molecule has 2 aromatic carbocycles. The zero-order valence-electron chi connectivity index (χ0n) is 15.4. The molecule has 5 nitrogen and oxygen atoms in total. The summed E-state index contributed by atoms with van der Waals surface area (Å²) < 4.78 is 0. The monoisotopic (exact) mass is 365 g/mol. The summed E-state index contributed by atoms with van der Waals surface area (Å²) >= 11 is 0. The first-order valence-corrected chi connectivity index (χ1v) is 9.28. The van der Waals surface area contributed by atoms with E-state index in [1.54, 1.807) is 12.5 Å². The van der Waals surface area contributed by atoms with Gasteiger partial charge in [0.25, 0.3) is 0 Å². The number of aromatic amines is 1. The molecule has 5 rings (SSSR count). The van der Waals surface area contributed by atoms with E-state index in [1.165, 1.54) is 5.56 Å². The van der Waals surface area contributed by atoms with E-state index in [-0.39, 0.29) is 6.04 Å². The number of hydrogen-bond acceptors (Lipinski definition) is 4. The molecule has 2 N–H and O–H groups in total. The fourth-order valence-corrected chi connectivity index (χ4v) is 3.56. The molecule has 0 fully saturated rings. The van der Waals surface area contributed by atoms with Gasteiger partial charge in [-0.1, -0.05) is 36.4 Å². The van der Waals surface area contributed by atoms with Gasteiger partial charge in [-0.3, -0.25) is 0 Å². The third-order valence-electron chi connectivity index (χ3n) is 5.05. The number of hydrogen-bond donors (Lipinski definition) is 2. The molecule has 1 unspecified atom stereocenters. The third kappa shape index (κ3) is 2.87. The van der Waals surface area contributed by atoms with Crippen LogP contribution in [0, 0.1) is 0 Å². The van der Waals surface area contributed by atoms with Crippen molar-refractivity contribution in [1.82, 2.24) is 19.9 Å². The van der Waals surface area contributed by atoms with Crippen LogP contribution < -0.4 is 5.32 Å². The van der Waals surface area contributed by atoms with Gasteiger partial charge in [-0.2, -0.15) is 0 Å². The minimum Gasteiger partial charge on any atom is -0.363 e. The molecule has 1 atom stereocenters. The molecule has 0 radical (unpaired) electrons. The largest absolute Gasteiger partial charge is 0.363 e. The average Bonchev–Trinajstić information content (AvgIpc) is 3.18. The molecule has 28 heavy (non-hydrogen) atoms. The Morgan fingerprint density at radius 3 is 2.68 bits per heavy atom. The van der Waals surface area contributed by atoms with Crippen molar-refractivity contribution in [2.75, 3.05) is 5.32 Å². The van der Waals surface area contributed by atoms with Gasteiger partial charge in [0.2, 0.25) is 0 Å². The van der Waals surface area contributed by atoms with Gasteiger partial charge in [-0.05, 0) is 42.3 Å². The quantitative estimate of drug-likeness (QED) is 0.451. The van der Waals surface area contributed by atoms with Crippen molar-refractivity contribution in [3.63, 3.8) is 0 Å². The first kappa shape index (κ1) is 16.4. The molecule has 3 heterocycles. The molecular weight excluding hydrogens is 346 g/mol. The van der Waals surface area contributed by atoms with Gasteiger partial charge in [-0.15, -0.1) is 0 Å². The van der Waals surface area contributed by atoms with Crippen LogP contribution in [-0.2, 0) is 0 Å². The summed E-state index contributed by atoms with van der Waals surface area (Å²) in [6.45, 7) is 2.14. The molecule has 0 bridgehead atoms. The van der Waals surface area contributed by atoms with Crippen molar-refractivity contribution in [3.8, 4) is 11.1 Å². The number of aromatic nitrogens is 4. The molecule has 5 heteroatoms. The Morgan fingerprint density at radius 2 is 1.79 bits per heavy atom. The van der Waals surface area contributed by atoms with Crippen LogP contribution in [0.3, 0.4) is 0 Å². The summed E-state index contributed by atoms with van der Waals surface area (Å²) in [6, 6.07) is 20.8. The van der Waals surface area contributed by atoms with Crippen LogP contribution in [0.4, 0.5) is 5.82 Å². The number of fused-ring (bicyclic) bond motifs is 2. The fraction of sp³-hybridized carbons (Fsp3) is 0.0870. The highest BCUT2D eigenvalue weighted by atomic mass is 15.0. The second-order valence-electron chi connectivity index (χ2n) is 6.83. The van der Waals surface area contributed by atoms with Gasteiger partial charge in [0.05, 0.1) is 5.52 Å².